The van der Waals surface area contributed by atoms with E-state index >= 15 is 0 Å². The molecule has 0 radical (unpaired) electrons. The van der Waals surface area contributed by atoms with Gasteiger partial charge in [0, 0.05) is 25.7 Å². The Bertz CT molecular complexity index is 563. The van der Waals surface area contributed by atoms with Crippen molar-refractivity contribution in [1.29, 1.82) is 0 Å². The van der Waals surface area contributed by atoms with E-state index in [1.54, 1.807) is 9.82 Å². The normalized spacial score (nSPS) is 31.3. The summed E-state index contributed by atoms with van der Waals surface area (Å²) in [6.07, 6.45) is 2.09. The molecule has 1 aliphatic carbocycles. The van der Waals surface area contributed by atoms with Gasteiger partial charge in [-0.25, -0.2) is 0 Å². The predicted molar refractivity (Wildman–Crippen MR) is 71.2 cm³/mol. The lowest BCUT2D eigenvalue weighted by Gasteiger charge is -2.39. The summed E-state index contributed by atoms with van der Waals surface area (Å²) in [5.41, 5.74) is 1.68. The van der Waals surface area contributed by atoms with Crippen molar-refractivity contribution in [3.8, 4) is 0 Å². The van der Waals surface area contributed by atoms with Crippen molar-refractivity contribution in [2.75, 3.05) is 24.5 Å². The second-order valence-corrected chi connectivity index (χ2v) is 7.97. The van der Waals surface area contributed by atoms with Crippen LogP contribution in [-0.4, -0.2) is 54.6 Å². The molecule has 104 valence electrons. The molecule has 0 amide bonds. The van der Waals surface area contributed by atoms with Crippen LogP contribution >= 0.6 is 11.3 Å². The number of fused-ring (bicyclic) bond motifs is 1. The lowest BCUT2D eigenvalue weighted by molar-refractivity contribution is 0.320. The van der Waals surface area contributed by atoms with Gasteiger partial charge in [-0.3, -0.25) is 0 Å². The summed E-state index contributed by atoms with van der Waals surface area (Å²) in [5, 5.41) is 8.62. The van der Waals surface area contributed by atoms with Crippen molar-refractivity contribution in [3.63, 3.8) is 0 Å². The molecule has 4 fully saturated rings. The molecule has 0 atom stereocenters. The first-order chi connectivity index (χ1) is 9.12. The van der Waals surface area contributed by atoms with E-state index < -0.39 is 10.2 Å². The smallest absolute Gasteiger partial charge is 0.280 e. The monoisotopic (exact) mass is 301 g/mol. The molecule has 5 rings (SSSR count). The first-order valence-electron chi connectivity index (χ1n) is 6.42. The Balaban J connectivity index is 1.36. The van der Waals surface area contributed by atoms with Crippen molar-refractivity contribution in [2.45, 2.75) is 24.9 Å². The van der Waals surface area contributed by atoms with Gasteiger partial charge in [0.2, 0.25) is 5.13 Å². The fourth-order valence-corrected chi connectivity index (χ4v) is 5.33. The van der Waals surface area contributed by atoms with Crippen molar-refractivity contribution in [3.05, 3.63) is 5.51 Å². The molecule has 1 aromatic heterocycles. The first kappa shape index (κ1) is 12.0. The maximum absolute atomic E-state index is 12.2. The van der Waals surface area contributed by atoms with Gasteiger partial charge in [0.1, 0.15) is 5.51 Å². The van der Waals surface area contributed by atoms with Gasteiger partial charge in [0.05, 0.1) is 6.04 Å². The summed E-state index contributed by atoms with van der Waals surface area (Å²) in [5.74, 6) is 0.598. The number of nitrogens with zero attached hydrogens (tertiary/aromatic N) is 4. The molecule has 0 spiro atoms. The zero-order chi connectivity index (χ0) is 13.0. The Morgan fingerprint density at radius 2 is 2.11 bits per heavy atom. The van der Waals surface area contributed by atoms with Crippen molar-refractivity contribution < 1.29 is 8.42 Å². The van der Waals surface area contributed by atoms with Crippen LogP contribution in [-0.2, 0) is 10.2 Å². The summed E-state index contributed by atoms with van der Waals surface area (Å²) >= 11 is 1.48. The van der Waals surface area contributed by atoms with Crippen LogP contribution < -0.4 is 9.62 Å². The summed E-state index contributed by atoms with van der Waals surface area (Å²) in [6.45, 7) is 2.06. The van der Waals surface area contributed by atoms with Gasteiger partial charge in [0.15, 0.2) is 0 Å². The second-order valence-electron chi connectivity index (χ2n) is 5.51. The van der Waals surface area contributed by atoms with Gasteiger partial charge < -0.3 is 4.90 Å². The van der Waals surface area contributed by atoms with Gasteiger partial charge in [0.25, 0.3) is 10.2 Å². The summed E-state index contributed by atoms with van der Waals surface area (Å²) < 4.78 is 28.9. The zero-order valence-electron chi connectivity index (χ0n) is 10.3. The van der Waals surface area contributed by atoms with Crippen LogP contribution in [0.1, 0.15) is 12.8 Å². The lowest BCUT2D eigenvalue weighted by atomic mass is 9.87. The molecule has 3 saturated heterocycles. The largest absolute Gasteiger partial charge is 0.343 e. The molecule has 4 heterocycles. The molecule has 2 bridgehead atoms. The fourth-order valence-electron chi connectivity index (χ4n) is 3.08. The number of aromatic nitrogens is 2. The molecule has 1 aromatic rings. The topological polar surface area (TPSA) is 78.4 Å². The minimum Gasteiger partial charge on any atom is -0.343 e. The average Bonchev–Trinajstić information content (AvgIpc) is 2.95. The number of hydrogen-bond acceptors (Lipinski definition) is 6. The number of nitrogens with one attached hydrogen (secondary N) is 1. The lowest BCUT2D eigenvalue weighted by Crippen LogP contribution is -2.61. The Morgan fingerprint density at radius 3 is 2.68 bits per heavy atom. The third-order valence-electron chi connectivity index (χ3n) is 4.18. The molecule has 19 heavy (non-hydrogen) atoms. The molecule has 4 aliphatic rings. The van der Waals surface area contributed by atoms with Crippen LogP contribution in [0.15, 0.2) is 5.51 Å². The first-order valence-corrected chi connectivity index (χ1v) is 8.74. The average molecular weight is 301 g/mol. The van der Waals surface area contributed by atoms with Crippen LogP contribution in [0.3, 0.4) is 0 Å². The minimum atomic E-state index is -3.30. The molecule has 1 saturated carbocycles. The second kappa shape index (κ2) is 4.11. The van der Waals surface area contributed by atoms with E-state index in [4.69, 9.17) is 0 Å². The highest BCUT2D eigenvalue weighted by molar-refractivity contribution is 7.87. The molecule has 0 unspecified atom stereocenters. The molecule has 7 nitrogen and oxygen atoms in total. The minimum absolute atomic E-state index is 0.00769. The van der Waals surface area contributed by atoms with Crippen molar-refractivity contribution in [2.24, 2.45) is 5.92 Å². The van der Waals surface area contributed by atoms with E-state index in [0.29, 0.717) is 25.6 Å². The van der Waals surface area contributed by atoms with E-state index in [1.807, 2.05) is 4.90 Å². The molecular weight excluding hydrogens is 286 g/mol. The third-order valence-corrected chi connectivity index (χ3v) is 6.63. The Hall–Kier alpha value is -0.770. The molecule has 0 aromatic carbocycles. The standard InChI is InChI=1S/C10H15N5O2S2/c16-19(17,15-3-7-1-9(15)2-7)13-8-4-14(5-8)10-12-11-6-18-10/h6-9,13H,1-5H2. The quantitative estimate of drug-likeness (QED) is 0.823. The van der Waals surface area contributed by atoms with E-state index in [2.05, 4.69) is 14.9 Å². The van der Waals surface area contributed by atoms with E-state index in [9.17, 15) is 8.42 Å². The highest BCUT2D eigenvalue weighted by Gasteiger charge is 2.49. The maximum Gasteiger partial charge on any atom is 0.280 e. The zero-order valence-corrected chi connectivity index (χ0v) is 11.9. The summed E-state index contributed by atoms with van der Waals surface area (Å²) in [4.78, 5) is 2.04. The Labute approximate surface area is 115 Å². The Kier molecular flexibility index (Phi) is 2.60. The maximum atomic E-state index is 12.2. The van der Waals surface area contributed by atoms with Crippen LogP contribution in [0, 0.1) is 5.92 Å². The predicted octanol–water partition coefficient (Wildman–Crippen LogP) is -0.345. The van der Waals surface area contributed by atoms with Gasteiger partial charge in [-0.2, -0.15) is 17.4 Å². The van der Waals surface area contributed by atoms with Crippen LogP contribution in [0.2, 0.25) is 0 Å². The van der Waals surface area contributed by atoms with Gasteiger partial charge in [-0.1, -0.05) is 11.3 Å². The van der Waals surface area contributed by atoms with E-state index in [1.165, 1.54) is 11.3 Å². The molecule has 9 heteroatoms. The van der Waals surface area contributed by atoms with Crippen LogP contribution in [0.25, 0.3) is 0 Å². The highest BCUT2D eigenvalue weighted by Crippen LogP contribution is 2.41. The van der Waals surface area contributed by atoms with Gasteiger partial charge in [-0.15, -0.1) is 10.2 Å². The summed E-state index contributed by atoms with van der Waals surface area (Å²) in [7, 11) is -3.30. The molecular formula is C10H15N5O2S2. The molecule has 3 aliphatic heterocycles. The highest BCUT2D eigenvalue weighted by atomic mass is 32.2. The third kappa shape index (κ3) is 1.95. The molecule has 1 N–H and O–H groups in total. The Morgan fingerprint density at radius 1 is 1.32 bits per heavy atom. The summed E-state index contributed by atoms with van der Waals surface area (Å²) in [6, 6.07) is 0.244. The van der Waals surface area contributed by atoms with Crippen molar-refractivity contribution in [1.82, 2.24) is 19.2 Å². The van der Waals surface area contributed by atoms with Gasteiger partial charge in [-0.05, 0) is 18.8 Å². The number of rotatable bonds is 4. The SMILES string of the molecule is O=S(=O)(NC1CN(c2nncs2)C1)N1CC2CC1C2. The van der Waals surface area contributed by atoms with E-state index in [-0.39, 0.29) is 12.1 Å². The van der Waals surface area contributed by atoms with E-state index in [0.717, 1.165) is 18.0 Å². The van der Waals surface area contributed by atoms with Crippen LogP contribution in [0.4, 0.5) is 5.13 Å². The van der Waals surface area contributed by atoms with Crippen LogP contribution in [0.5, 0.6) is 0 Å². The fraction of sp³-hybridized carbons (Fsp3) is 0.800. The van der Waals surface area contributed by atoms with Crippen molar-refractivity contribution >= 4 is 26.7 Å². The number of anilines is 1. The number of hydrogen-bond donors (Lipinski definition) is 1. The van der Waals surface area contributed by atoms with Gasteiger partial charge >= 0.3 is 0 Å².